The van der Waals surface area contributed by atoms with E-state index in [2.05, 4.69) is 52.0 Å². The van der Waals surface area contributed by atoms with Crippen molar-refractivity contribution in [1.82, 2.24) is 15.2 Å². The van der Waals surface area contributed by atoms with E-state index in [1.54, 1.807) is 22.7 Å². The van der Waals surface area contributed by atoms with Crippen LogP contribution in [0.25, 0.3) is 20.1 Å². The van der Waals surface area contributed by atoms with Gasteiger partial charge in [-0.15, -0.1) is 22.7 Å². The Kier molecular flexibility index (Phi) is 5.62. The molecule has 1 N–H and O–H groups in total. The first-order valence-electron chi connectivity index (χ1n) is 10.3. The van der Waals surface area contributed by atoms with Crippen LogP contribution < -0.4 is 5.32 Å². The van der Waals surface area contributed by atoms with Crippen LogP contribution >= 0.6 is 22.7 Å². The molecular formula is C24H23N3OS2. The van der Waals surface area contributed by atoms with Crippen molar-refractivity contribution < 1.29 is 4.79 Å². The van der Waals surface area contributed by atoms with E-state index < -0.39 is 0 Å². The number of hydrogen-bond donors (Lipinski definition) is 1. The maximum Gasteiger partial charge on any atom is 0.251 e. The molecule has 0 aliphatic carbocycles. The maximum absolute atomic E-state index is 12.8. The van der Waals surface area contributed by atoms with Crippen molar-refractivity contribution in [2.75, 3.05) is 13.1 Å². The molecule has 0 atom stereocenters. The number of amides is 1. The summed E-state index contributed by atoms with van der Waals surface area (Å²) in [6.45, 7) is 3.01. The third kappa shape index (κ3) is 4.31. The molecule has 0 spiro atoms. The number of thiazole rings is 1. The number of likely N-dealkylation sites (tertiary alicyclic amines) is 1. The molecule has 1 fully saturated rings. The van der Waals surface area contributed by atoms with Crippen molar-refractivity contribution in [3.05, 3.63) is 77.2 Å². The predicted octanol–water partition coefficient (Wildman–Crippen LogP) is 5.42. The maximum atomic E-state index is 12.8. The summed E-state index contributed by atoms with van der Waals surface area (Å²) in [7, 11) is 0. The monoisotopic (exact) mass is 433 g/mol. The second-order valence-electron chi connectivity index (χ2n) is 7.69. The minimum Gasteiger partial charge on any atom is -0.349 e. The second kappa shape index (κ2) is 8.68. The molecule has 0 radical (unpaired) electrons. The number of thiophene rings is 1. The van der Waals surface area contributed by atoms with E-state index in [1.807, 2.05) is 24.3 Å². The summed E-state index contributed by atoms with van der Waals surface area (Å²) in [4.78, 5) is 21.2. The average Bonchev–Trinajstić information content (AvgIpc) is 3.45. The predicted molar refractivity (Wildman–Crippen MR) is 125 cm³/mol. The van der Waals surface area contributed by atoms with E-state index in [-0.39, 0.29) is 11.9 Å². The van der Waals surface area contributed by atoms with E-state index in [4.69, 9.17) is 4.98 Å². The number of nitrogens with one attached hydrogen (secondary N) is 1. The zero-order valence-electron chi connectivity index (χ0n) is 16.6. The molecule has 3 heterocycles. The van der Waals surface area contributed by atoms with Gasteiger partial charge in [0.1, 0.15) is 5.01 Å². The summed E-state index contributed by atoms with van der Waals surface area (Å²) in [6, 6.07) is 20.8. The minimum absolute atomic E-state index is 0.0180. The molecule has 5 rings (SSSR count). The van der Waals surface area contributed by atoms with Crippen LogP contribution in [-0.2, 0) is 6.54 Å². The fourth-order valence-electron chi connectivity index (χ4n) is 3.92. The molecule has 1 aliphatic heterocycles. The van der Waals surface area contributed by atoms with E-state index in [9.17, 15) is 4.79 Å². The first kappa shape index (κ1) is 19.4. The summed E-state index contributed by atoms with van der Waals surface area (Å²) in [6.07, 6.45) is 1.98. The molecule has 1 amide bonds. The van der Waals surface area contributed by atoms with Gasteiger partial charge in [-0.2, -0.15) is 0 Å². The van der Waals surface area contributed by atoms with Gasteiger partial charge in [-0.05, 0) is 48.1 Å². The van der Waals surface area contributed by atoms with E-state index in [0.29, 0.717) is 0 Å². The van der Waals surface area contributed by atoms with Crippen LogP contribution in [0.1, 0.15) is 28.8 Å². The number of piperidine rings is 1. The molecule has 4 nitrogen and oxygen atoms in total. The lowest BCUT2D eigenvalue weighted by Crippen LogP contribution is -2.44. The fraction of sp³-hybridized carbons (Fsp3) is 0.250. The third-order valence-electron chi connectivity index (χ3n) is 5.55. The highest BCUT2D eigenvalue weighted by molar-refractivity contribution is 7.25. The van der Waals surface area contributed by atoms with Crippen molar-refractivity contribution in [3.8, 4) is 9.88 Å². The lowest BCUT2D eigenvalue weighted by molar-refractivity contribution is 0.0909. The number of nitrogens with zero attached hydrogens (tertiary/aromatic N) is 2. The van der Waals surface area contributed by atoms with Crippen molar-refractivity contribution in [2.45, 2.75) is 25.4 Å². The molecule has 2 aromatic heterocycles. The number of benzene rings is 2. The third-order valence-corrected chi connectivity index (χ3v) is 7.61. The Bertz CT molecular complexity index is 1130. The SMILES string of the molecule is O=C(NC1CCN(Cc2ccccc2)CC1)c1ccc2nc(-c3cccs3)sc2c1. The topological polar surface area (TPSA) is 45.2 Å². The largest absolute Gasteiger partial charge is 0.349 e. The van der Waals surface area contributed by atoms with Crippen molar-refractivity contribution in [2.24, 2.45) is 0 Å². The quantitative estimate of drug-likeness (QED) is 0.457. The van der Waals surface area contributed by atoms with Crippen molar-refractivity contribution in [3.63, 3.8) is 0 Å². The fourth-order valence-corrected chi connectivity index (χ4v) is 5.72. The molecule has 1 saturated heterocycles. The zero-order valence-corrected chi connectivity index (χ0v) is 18.2. The van der Waals surface area contributed by atoms with Gasteiger partial charge < -0.3 is 5.32 Å². The Morgan fingerprint density at radius 1 is 1.07 bits per heavy atom. The number of rotatable bonds is 5. The van der Waals surface area contributed by atoms with Gasteiger partial charge >= 0.3 is 0 Å². The van der Waals surface area contributed by atoms with Crippen LogP contribution in [-0.4, -0.2) is 34.9 Å². The number of carbonyl (C=O) groups excluding carboxylic acids is 1. The molecule has 6 heteroatoms. The highest BCUT2D eigenvalue weighted by Crippen LogP contribution is 2.33. The second-order valence-corrected chi connectivity index (χ2v) is 9.67. The summed E-state index contributed by atoms with van der Waals surface area (Å²) in [5.41, 5.74) is 3.02. The van der Waals surface area contributed by atoms with Crippen molar-refractivity contribution >= 4 is 38.8 Å². The Morgan fingerprint density at radius 3 is 2.67 bits per heavy atom. The molecule has 1 aliphatic rings. The lowest BCUT2D eigenvalue weighted by Gasteiger charge is -2.32. The molecule has 30 heavy (non-hydrogen) atoms. The van der Waals surface area contributed by atoms with Crippen molar-refractivity contribution in [1.29, 1.82) is 0 Å². The molecule has 4 aromatic rings. The highest BCUT2D eigenvalue weighted by Gasteiger charge is 2.21. The Morgan fingerprint density at radius 2 is 1.90 bits per heavy atom. The van der Waals surface area contributed by atoms with Gasteiger partial charge in [-0.1, -0.05) is 36.4 Å². The Balaban J connectivity index is 1.20. The van der Waals surface area contributed by atoms with Crippen LogP contribution in [0, 0.1) is 0 Å². The van der Waals surface area contributed by atoms with Gasteiger partial charge in [0.05, 0.1) is 15.1 Å². The van der Waals surface area contributed by atoms with Crippen LogP contribution in [0.5, 0.6) is 0 Å². The highest BCUT2D eigenvalue weighted by atomic mass is 32.1. The summed E-state index contributed by atoms with van der Waals surface area (Å²) >= 11 is 3.34. The zero-order chi connectivity index (χ0) is 20.3. The molecular weight excluding hydrogens is 410 g/mol. The molecule has 2 aromatic carbocycles. The first-order chi connectivity index (χ1) is 14.7. The van der Waals surface area contributed by atoms with Crippen LogP contribution in [0.3, 0.4) is 0 Å². The van der Waals surface area contributed by atoms with Gasteiger partial charge in [0.25, 0.3) is 5.91 Å². The standard InChI is InChI=1S/C24H23N3OS2/c28-23(25-19-10-12-27(13-11-19)16-17-5-2-1-3-6-17)18-8-9-20-22(15-18)30-24(26-20)21-7-4-14-29-21/h1-9,14-15,19H,10-13,16H2,(H,25,28). The average molecular weight is 434 g/mol. The van der Waals surface area contributed by atoms with E-state index >= 15 is 0 Å². The normalized spacial score (nSPS) is 15.5. The van der Waals surface area contributed by atoms with Crippen LogP contribution in [0.15, 0.2) is 66.0 Å². The summed E-state index contributed by atoms with van der Waals surface area (Å²) in [5, 5.41) is 6.32. The van der Waals surface area contributed by atoms with Gasteiger partial charge in [0.2, 0.25) is 0 Å². The summed E-state index contributed by atoms with van der Waals surface area (Å²) in [5.74, 6) is 0.0180. The van der Waals surface area contributed by atoms with Crippen LogP contribution in [0.4, 0.5) is 0 Å². The molecule has 0 saturated carbocycles. The summed E-state index contributed by atoms with van der Waals surface area (Å²) < 4.78 is 1.06. The minimum atomic E-state index is 0.0180. The van der Waals surface area contributed by atoms with Crippen LogP contribution in [0.2, 0.25) is 0 Å². The first-order valence-corrected chi connectivity index (χ1v) is 12.0. The molecule has 0 unspecified atom stereocenters. The molecule has 0 bridgehead atoms. The van der Waals surface area contributed by atoms with Gasteiger partial charge in [-0.25, -0.2) is 4.98 Å². The van der Waals surface area contributed by atoms with Gasteiger partial charge in [-0.3, -0.25) is 9.69 Å². The molecule has 152 valence electrons. The van der Waals surface area contributed by atoms with Gasteiger partial charge in [0, 0.05) is 31.2 Å². The number of hydrogen-bond acceptors (Lipinski definition) is 5. The Hall–Kier alpha value is -2.54. The number of carbonyl (C=O) groups is 1. The smallest absolute Gasteiger partial charge is 0.251 e. The Labute approximate surface area is 184 Å². The number of fused-ring (bicyclic) bond motifs is 1. The number of aromatic nitrogens is 1. The van der Waals surface area contributed by atoms with Gasteiger partial charge in [0.15, 0.2) is 0 Å². The lowest BCUT2D eigenvalue weighted by atomic mass is 10.0. The van der Waals surface area contributed by atoms with E-state index in [0.717, 1.165) is 53.3 Å². The van der Waals surface area contributed by atoms with E-state index in [1.165, 1.54) is 10.4 Å².